The minimum Gasteiger partial charge on any atom is -0.369 e. The summed E-state index contributed by atoms with van der Waals surface area (Å²) < 4.78 is 25.9. The predicted octanol–water partition coefficient (Wildman–Crippen LogP) is 2.70. The molecule has 0 saturated heterocycles. The van der Waals surface area contributed by atoms with Gasteiger partial charge >= 0.3 is 0 Å². The lowest BCUT2D eigenvalue weighted by Crippen LogP contribution is -2.33. The van der Waals surface area contributed by atoms with Crippen LogP contribution in [-0.4, -0.2) is 24.2 Å². The van der Waals surface area contributed by atoms with Crippen molar-refractivity contribution < 1.29 is 8.42 Å². The number of sulfone groups is 1. The zero-order valence-electron chi connectivity index (χ0n) is 12.5. The van der Waals surface area contributed by atoms with E-state index in [0.717, 1.165) is 18.4 Å². The molecule has 1 aromatic carbocycles. The van der Waals surface area contributed by atoms with Gasteiger partial charge < -0.3 is 10.3 Å². The number of rotatable bonds is 2. The van der Waals surface area contributed by atoms with Crippen LogP contribution < -0.4 is 5.73 Å². The highest BCUT2D eigenvalue weighted by molar-refractivity contribution is 7.91. The van der Waals surface area contributed by atoms with Gasteiger partial charge in [-0.3, -0.25) is 0 Å². The number of hydrogen-bond donors (Lipinski definition) is 1. The first-order valence-electron chi connectivity index (χ1n) is 7.30. The van der Waals surface area contributed by atoms with Gasteiger partial charge in [0, 0.05) is 11.8 Å². The normalized spacial score (nSPS) is 19.0. The van der Waals surface area contributed by atoms with E-state index in [0.29, 0.717) is 11.5 Å². The number of nitrogen functional groups attached to an aromatic ring is 1. The van der Waals surface area contributed by atoms with Gasteiger partial charge in [-0.15, -0.1) is 0 Å². The van der Waals surface area contributed by atoms with Crippen LogP contribution >= 0.6 is 0 Å². The SMILES string of the molecule is CC1(n2c(N)nc3c(S(C)(=O)=O)cccc32)CCCCC1. The van der Waals surface area contributed by atoms with Crippen LogP contribution in [0.1, 0.15) is 39.0 Å². The average molecular weight is 307 g/mol. The zero-order chi connectivity index (χ0) is 15.3. The fourth-order valence-electron chi connectivity index (χ4n) is 3.50. The van der Waals surface area contributed by atoms with Crippen molar-refractivity contribution in [1.29, 1.82) is 0 Å². The van der Waals surface area contributed by atoms with Gasteiger partial charge in [0.1, 0.15) is 5.52 Å². The Kier molecular flexibility index (Phi) is 3.24. The molecule has 6 heteroatoms. The second kappa shape index (κ2) is 4.73. The lowest BCUT2D eigenvalue weighted by molar-refractivity contribution is 0.228. The molecule has 0 amide bonds. The van der Waals surface area contributed by atoms with Crippen LogP contribution in [0, 0.1) is 0 Å². The van der Waals surface area contributed by atoms with Gasteiger partial charge in [0.15, 0.2) is 9.84 Å². The standard InChI is InChI=1S/C15H21N3O2S/c1-15(9-4-3-5-10-15)18-11-7-6-8-12(21(2,19)20)13(11)17-14(18)16/h6-8H,3-5,9-10H2,1-2H3,(H2,16,17). The second-order valence-corrected chi connectivity index (χ2v) is 8.24. The summed E-state index contributed by atoms with van der Waals surface area (Å²) in [5, 5.41) is 0. The van der Waals surface area contributed by atoms with Crippen LogP contribution in [0.15, 0.2) is 23.1 Å². The van der Waals surface area contributed by atoms with E-state index in [-0.39, 0.29) is 10.4 Å². The van der Waals surface area contributed by atoms with Crippen LogP contribution in [0.25, 0.3) is 11.0 Å². The highest BCUT2D eigenvalue weighted by Gasteiger charge is 2.32. The molecule has 0 aliphatic heterocycles. The van der Waals surface area contributed by atoms with Gasteiger partial charge in [-0.05, 0) is 31.9 Å². The summed E-state index contributed by atoms with van der Waals surface area (Å²) >= 11 is 0. The number of imidazole rings is 1. The molecule has 1 aromatic heterocycles. The summed E-state index contributed by atoms with van der Waals surface area (Å²) in [7, 11) is -3.31. The van der Waals surface area contributed by atoms with E-state index in [2.05, 4.69) is 11.9 Å². The average Bonchev–Trinajstić information content (AvgIpc) is 2.74. The van der Waals surface area contributed by atoms with E-state index in [1.165, 1.54) is 25.5 Å². The molecule has 0 radical (unpaired) electrons. The predicted molar refractivity (Wildman–Crippen MR) is 84.0 cm³/mol. The first kappa shape index (κ1) is 14.4. The van der Waals surface area contributed by atoms with Crippen molar-refractivity contribution in [3.63, 3.8) is 0 Å². The summed E-state index contributed by atoms with van der Waals surface area (Å²) in [4.78, 5) is 4.62. The summed E-state index contributed by atoms with van der Waals surface area (Å²) in [6, 6.07) is 5.27. The van der Waals surface area contributed by atoms with E-state index < -0.39 is 9.84 Å². The van der Waals surface area contributed by atoms with Crippen molar-refractivity contribution in [1.82, 2.24) is 9.55 Å². The number of aromatic nitrogens is 2. The van der Waals surface area contributed by atoms with Crippen molar-refractivity contribution in [2.24, 2.45) is 0 Å². The number of nitrogens with two attached hydrogens (primary N) is 1. The summed E-state index contributed by atoms with van der Waals surface area (Å²) in [5.74, 6) is 0.408. The molecule has 2 aromatic rings. The zero-order valence-corrected chi connectivity index (χ0v) is 13.3. The number of para-hydroxylation sites is 1. The topological polar surface area (TPSA) is 78.0 Å². The minimum absolute atomic E-state index is 0.0762. The van der Waals surface area contributed by atoms with E-state index in [1.807, 2.05) is 10.6 Å². The summed E-state index contributed by atoms with van der Waals surface area (Å²) in [6.07, 6.45) is 6.89. The Morgan fingerprint density at radius 1 is 1.24 bits per heavy atom. The molecule has 1 aliphatic rings. The molecule has 0 atom stereocenters. The van der Waals surface area contributed by atoms with E-state index in [9.17, 15) is 8.42 Å². The van der Waals surface area contributed by atoms with Crippen LogP contribution in [-0.2, 0) is 15.4 Å². The van der Waals surface area contributed by atoms with Crippen molar-refractivity contribution in [2.75, 3.05) is 12.0 Å². The molecule has 0 unspecified atom stereocenters. The smallest absolute Gasteiger partial charge is 0.201 e. The first-order valence-corrected chi connectivity index (χ1v) is 9.19. The fraction of sp³-hybridized carbons (Fsp3) is 0.533. The largest absolute Gasteiger partial charge is 0.369 e. The summed E-state index contributed by atoms with van der Waals surface area (Å²) in [5.41, 5.74) is 7.37. The van der Waals surface area contributed by atoms with Gasteiger partial charge in [-0.25, -0.2) is 13.4 Å². The Bertz CT molecular complexity index is 787. The molecule has 2 N–H and O–H groups in total. The van der Waals surface area contributed by atoms with Crippen molar-refractivity contribution >= 4 is 26.8 Å². The quantitative estimate of drug-likeness (QED) is 0.925. The van der Waals surface area contributed by atoms with Crippen LogP contribution in [0.4, 0.5) is 5.95 Å². The lowest BCUT2D eigenvalue weighted by atomic mass is 9.83. The Balaban J connectivity index is 2.28. The number of nitrogens with zero attached hydrogens (tertiary/aromatic N) is 2. The van der Waals surface area contributed by atoms with Crippen molar-refractivity contribution in [3.05, 3.63) is 18.2 Å². The van der Waals surface area contributed by atoms with Crippen LogP contribution in [0.2, 0.25) is 0 Å². The molecular formula is C15H21N3O2S. The maximum absolute atomic E-state index is 11.9. The molecule has 0 bridgehead atoms. The molecular weight excluding hydrogens is 286 g/mol. The van der Waals surface area contributed by atoms with Gasteiger partial charge in [0.25, 0.3) is 0 Å². The molecule has 114 valence electrons. The Morgan fingerprint density at radius 2 is 1.90 bits per heavy atom. The Hall–Kier alpha value is -1.56. The van der Waals surface area contributed by atoms with E-state index >= 15 is 0 Å². The van der Waals surface area contributed by atoms with Gasteiger partial charge in [0.05, 0.1) is 10.4 Å². The summed E-state index contributed by atoms with van der Waals surface area (Å²) in [6.45, 7) is 2.19. The molecule has 1 heterocycles. The Labute approximate surface area is 125 Å². The van der Waals surface area contributed by atoms with Crippen molar-refractivity contribution in [2.45, 2.75) is 49.5 Å². The molecule has 1 saturated carbocycles. The fourth-order valence-corrected chi connectivity index (χ4v) is 4.32. The van der Waals surface area contributed by atoms with E-state index in [1.54, 1.807) is 12.1 Å². The monoisotopic (exact) mass is 307 g/mol. The highest BCUT2D eigenvalue weighted by atomic mass is 32.2. The third kappa shape index (κ3) is 2.31. The number of hydrogen-bond acceptors (Lipinski definition) is 4. The second-order valence-electron chi connectivity index (χ2n) is 6.26. The number of benzene rings is 1. The van der Waals surface area contributed by atoms with E-state index in [4.69, 9.17) is 5.73 Å². The Morgan fingerprint density at radius 3 is 2.52 bits per heavy atom. The molecule has 0 spiro atoms. The maximum atomic E-state index is 11.9. The van der Waals surface area contributed by atoms with Crippen LogP contribution in [0.3, 0.4) is 0 Å². The lowest BCUT2D eigenvalue weighted by Gasteiger charge is -2.36. The molecule has 5 nitrogen and oxygen atoms in total. The van der Waals surface area contributed by atoms with Gasteiger partial charge in [0.2, 0.25) is 5.95 Å². The molecule has 1 fully saturated rings. The molecule has 3 rings (SSSR count). The van der Waals surface area contributed by atoms with Gasteiger partial charge in [-0.2, -0.15) is 0 Å². The molecule has 21 heavy (non-hydrogen) atoms. The number of fused-ring (bicyclic) bond motifs is 1. The number of anilines is 1. The minimum atomic E-state index is -3.31. The third-order valence-corrected chi connectivity index (χ3v) is 5.67. The molecule has 1 aliphatic carbocycles. The van der Waals surface area contributed by atoms with Gasteiger partial charge in [-0.1, -0.05) is 25.3 Å². The highest BCUT2D eigenvalue weighted by Crippen LogP contribution is 2.39. The maximum Gasteiger partial charge on any atom is 0.201 e. The van der Waals surface area contributed by atoms with Crippen molar-refractivity contribution in [3.8, 4) is 0 Å². The third-order valence-electron chi connectivity index (χ3n) is 4.54. The first-order chi connectivity index (χ1) is 9.83. The van der Waals surface area contributed by atoms with Crippen LogP contribution in [0.5, 0.6) is 0 Å².